The van der Waals surface area contributed by atoms with Crippen LogP contribution in [0.3, 0.4) is 0 Å². The van der Waals surface area contributed by atoms with Crippen molar-refractivity contribution < 1.29 is 23.8 Å². The van der Waals surface area contributed by atoms with E-state index in [4.69, 9.17) is 14.2 Å². The van der Waals surface area contributed by atoms with Crippen LogP contribution in [0.5, 0.6) is 11.5 Å². The van der Waals surface area contributed by atoms with E-state index in [2.05, 4.69) is 4.57 Å². The van der Waals surface area contributed by atoms with Crippen LogP contribution in [0.4, 0.5) is 0 Å². The van der Waals surface area contributed by atoms with Crippen molar-refractivity contribution >= 4 is 17.8 Å². The van der Waals surface area contributed by atoms with Gasteiger partial charge in [0.25, 0.3) is 0 Å². The lowest BCUT2D eigenvalue weighted by molar-refractivity contribution is -0.136. The molecule has 0 saturated heterocycles. The molecule has 0 unspecified atom stereocenters. The zero-order valence-electron chi connectivity index (χ0n) is 15.4. The highest BCUT2D eigenvalue weighted by atomic mass is 16.7. The number of carbonyl (C=O) groups excluding carboxylic acids is 2. The summed E-state index contributed by atoms with van der Waals surface area (Å²) in [5.41, 5.74) is 3.45. The van der Waals surface area contributed by atoms with Gasteiger partial charge in [-0.15, -0.1) is 0 Å². The van der Waals surface area contributed by atoms with Crippen LogP contribution in [0.1, 0.15) is 46.2 Å². The summed E-state index contributed by atoms with van der Waals surface area (Å²) in [6.45, 7) is 3.88. The number of rotatable bonds is 6. The van der Waals surface area contributed by atoms with Crippen LogP contribution in [-0.4, -0.2) is 29.7 Å². The van der Waals surface area contributed by atoms with Crippen molar-refractivity contribution in [1.29, 1.82) is 0 Å². The topological polar surface area (TPSA) is 66.8 Å². The maximum absolute atomic E-state index is 12.4. The van der Waals surface area contributed by atoms with E-state index in [-0.39, 0.29) is 19.2 Å². The Morgan fingerprint density at radius 1 is 1.19 bits per heavy atom. The highest BCUT2D eigenvalue weighted by Gasteiger charge is 2.28. The Bertz CT molecular complexity index is 936. The molecule has 1 aliphatic carbocycles. The molecule has 1 aromatic heterocycles. The fraction of sp³-hybridized carbons (Fsp3) is 0.333. The number of Topliss-reactive ketones (excluding diaryl/α,β-unsaturated/α-hetero) is 1. The quantitative estimate of drug-likeness (QED) is 0.443. The lowest BCUT2D eigenvalue weighted by atomic mass is 10.1. The molecule has 2 aliphatic rings. The van der Waals surface area contributed by atoms with Crippen molar-refractivity contribution in [2.24, 2.45) is 0 Å². The third-order valence-corrected chi connectivity index (χ3v) is 4.85. The number of aryl methyl sites for hydroxylation is 1. The summed E-state index contributed by atoms with van der Waals surface area (Å²) in [4.78, 5) is 24.4. The lowest BCUT2D eigenvalue weighted by Crippen LogP contribution is -2.13. The molecule has 0 atom stereocenters. The Morgan fingerprint density at radius 3 is 2.74 bits per heavy atom. The van der Waals surface area contributed by atoms with E-state index < -0.39 is 5.97 Å². The number of carbonyl (C=O) groups is 2. The van der Waals surface area contributed by atoms with E-state index in [1.807, 2.05) is 26.0 Å². The number of hydrogen-bond acceptors (Lipinski definition) is 5. The van der Waals surface area contributed by atoms with Crippen LogP contribution in [-0.2, 0) is 9.53 Å². The molecule has 4 rings (SSSR count). The minimum Gasteiger partial charge on any atom is -0.454 e. The van der Waals surface area contributed by atoms with Gasteiger partial charge in [-0.2, -0.15) is 0 Å². The average Bonchev–Trinajstić information content (AvgIpc) is 3.29. The first-order valence-electron chi connectivity index (χ1n) is 8.99. The second-order valence-corrected chi connectivity index (χ2v) is 6.86. The molecule has 27 heavy (non-hydrogen) atoms. The standard InChI is InChI=1S/C21H21NO5/c1-13-9-17(14(2)22(13)16-5-6-16)18(23)11-25-21(24)8-4-15-3-7-19-20(10-15)27-12-26-19/h3-4,7-10,16H,5-6,11-12H2,1-2H3/b8-4+. The molecule has 0 spiro atoms. The number of aromatic nitrogens is 1. The molecule has 1 aromatic carbocycles. The monoisotopic (exact) mass is 367 g/mol. The largest absolute Gasteiger partial charge is 0.454 e. The van der Waals surface area contributed by atoms with Crippen LogP contribution in [0.2, 0.25) is 0 Å². The van der Waals surface area contributed by atoms with Gasteiger partial charge in [-0.1, -0.05) is 6.07 Å². The smallest absolute Gasteiger partial charge is 0.331 e. The highest BCUT2D eigenvalue weighted by Crippen LogP contribution is 2.38. The van der Waals surface area contributed by atoms with Gasteiger partial charge in [-0.05, 0) is 56.5 Å². The first-order valence-corrected chi connectivity index (χ1v) is 8.99. The number of fused-ring (bicyclic) bond motifs is 1. The van der Waals surface area contributed by atoms with Crippen LogP contribution in [0.25, 0.3) is 6.08 Å². The maximum Gasteiger partial charge on any atom is 0.331 e. The predicted octanol–water partition coefficient (Wildman–Crippen LogP) is 3.61. The minimum absolute atomic E-state index is 0.181. The predicted molar refractivity (Wildman–Crippen MR) is 99.1 cm³/mol. The Kier molecular flexibility index (Phi) is 4.48. The summed E-state index contributed by atoms with van der Waals surface area (Å²) in [6.07, 6.45) is 5.24. The second-order valence-electron chi connectivity index (χ2n) is 6.86. The van der Waals surface area contributed by atoms with E-state index in [1.165, 1.54) is 6.08 Å². The Morgan fingerprint density at radius 2 is 1.96 bits per heavy atom. The number of ketones is 1. The summed E-state index contributed by atoms with van der Waals surface area (Å²) in [7, 11) is 0. The highest BCUT2D eigenvalue weighted by molar-refractivity contribution is 6.00. The minimum atomic E-state index is -0.558. The third-order valence-electron chi connectivity index (χ3n) is 4.85. The van der Waals surface area contributed by atoms with E-state index in [1.54, 1.807) is 18.2 Å². The van der Waals surface area contributed by atoms with E-state index in [0.29, 0.717) is 23.1 Å². The first kappa shape index (κ1) is 17.4. The zero-order chi connectivity index (χ0) is 19.0. The summed E-state index contributed by atoms with van der Waals surface area (Å²) in [5.74, 6) is 0.590. The average molecular weight is 367 g/mol. The van der Waals surface area contributed by atoms with Gasteiger partial charge in [-0.25, -0.2) is 4.79 Å². The van der Waals surface area contributed by atoms with E-state index in [9.17, 15) is 9.59 Å². The van der Waals surface area contributed by atoms with Gasteiger partial charge < -0.3 is 18.8 Å². The molecular formula is C21H21NO5. The van der Waals surface area contributed by atoms with Crippen molar-refractivity contribution in [3.8, 4) is 11.5 Å². The van der Waals surface area contributed by atoms with Crippen molar-refractivity contribution in [2.45, 2.75) is 32.7 Å². The fourth-order valence-electron chi connectivity index (χ4n) is 3.40. The number of ether oxygens (including phenoxy) is 3. The number of hydrogen-bond donors (Lipinski definition) is 0. The molecule has 0 radical (unpaired) electrons. The van der Waals surface area contributed by atoms with Crippen LogP contribution in [0.15, 0.2) is 30.3 Å². The molecule has 6 nitrogen and oxygen atoms in total. The second kappa shape index (κ2) is 6.95. The number of esters is 1. The van der Waals surface area contributed by atoms with Gasteiger partial charge in [0.2, 0.25) is 12.6 Å². The Labute approximate surface area is 157 Å². The molecule has 140 valence electrons. The molecule has 0 N–H and O–H groups in total. The Hall–Kier alpha value is -3.02. The Balaban J connectivity index is 1.35. The molecule has 1 saturated carbocycles. The summed E-state index contributed by atoms with van der Waals surface area (Å²) in [6, 6.07) is 7.77. The van der Waals surface area contributed by atoms with Crippen LogP contribution < -0.4 is 9.47 Å². The fourth-order valence-corrected chi connectivity index (χ4v) is 3.40. The first-order chi connectivity index (χ1) is 13.0. The van der Waals surface area contributed by atoms with E-state index >= 15 is 0 Å². The lowest BCUT2D eigenvalue weighted by Gasteiger charge is -2.07. The van der Waals surface area contributed by atoms with Gasteiger partial charge in [0.1, 0.15) is 0 Å². The summed E-state index contributed by atoms with van der Waals surface area (Å²) in [5, 5.41) is 0. The van der Waals surface area contributed by atoms with Crippen molar-refractivity contribution in [2.75, 3.05) is 13.4 Å². The van der Waals surface area contributed by atoms with Crippen molar-refractivity contribution in [3.63, 3.8) is 0 Å². The maximum atomic E-state index is 12.4. The summed E-state index contributed by atoms with van der Waals surface area (Å²) < 4.78 is 17.9. The number of nitrogens with zero attached hydrogens (tertiary/aromatic N) is 1. The van der Waals surface area contributed by atoms with Gasteiger partial charge in [0, 0.05) is 29.1 Å². The SMILES string of the molecule is Cc1cc(C(=O)COC(=O)/C=C/c2ccc3c(c2)OCO3)c(C)n1C1CC1. The molecule has 2 heterocycles. The van der Waals surface area contributed by atoms with Crippen LogP contribution >= 0.6 is 0 Å². The number of benzene rings is 1. The van der Waals surface area contributed by atoms with E-state index in [0.717, 1.165) is 29.8 Å². The zero-order valence-corrected chi connectivity index (χ0v) is 15.4. The molecule has 6 heteroatoms. The molecule has 2 aromatic rings. The molecule has 1 aliphatic heterocycles. The van der Waals surface area contributed by atoms with Crippen molar-refractivity contribution in [1.82, 2.24) is 4.57 Å². The molecule has 1 fully saturated rings. The molecular weight excluding hydrogens is 346 g/mol. The van der Waals surface area contributed by atoms with Gasteiger partial charge in [0.15, 0.2) is 18.1 Å². The van der Waals surface area contributed by atoms with Crippen LogP contribution in [0, 0.1) is 13.8 Å². The molecule has 0 bridgehead atoms. The normalized spacial score (nSPS) is 15.3. The van der Waals surface area contributed by atoms with Gasteiger partial charge in [-0.3, -0.25) is 4.79 Å². The third kappa shape index (κ3) is 3.60. The molecule has 0 amide bonds. The van der Waals surface area contributed by atoms with Crippen molar-refractivity contribution in [3.05, 3.63) is 52.9 Å². The van der Waals surface area contributed by atoms with Gasteiger partial charge >= 0.3 is 5.97 Å². The van der Waals surface area contributed by atoms with Gasteiger partial charge in [0.05, 0.1) is 0 Å². The summed E-state index contributed by atoms with van der Waals surface area (Å²) >= 11 is 0.